The molecule has 0 spiro atoms. The Morgan fingerprint density at radius 3 is 1.33 bits per heavy atom. The zero-order chi connectivity index (χ0) is 15.2. The zero-order valence-corrected chi connectivity index (χ0v) is 13.5. The van der Waals surface area contributed by atoms with Crippen molar-refractivity contribution in [2.75, 3.05) is 23.9 Å². The molecule has 0 bridgehead atoms. The lowest BCUT2D eigenvalue weighted by Gasteiger charge is -2.33. The van der Waals surface area contributed by atoms with E-state index in [9.17, 15) is 0 Å². The number of benzene rings is 2. The van der Waals surface area contributed by atoms with Gasteiger partial charge in [-0.3, -0.25) is 0 Å². The molecule has 0 amide bonds. The van der Waals surface area contributed by atoms with Gasteiger partial charge in [0.05, 0.1) is 0 Å². The number of hydrogen-bond acceptors (Lipinski definition) is 2. The third-order valence-electron chi connectivity index (χ3n) is 4.33. The van der Waals surface area contributed by atoms with Crippen molar-refractivity contribution >= 4 is 11.4 Å². The van der Waals surface area contributed by atoms with Crippen LogP contribution >= 0.6 is 0 Å². The molecule has 0 aliphatic carbocycles. The molecule has 0 saturated carbocycles. The van der Waals surface area contributed by atoms with Gasteiger partial charge in [0.25, 0.3) is 0 Å². The number of hydrogen-bond donors (Lipinski definition) is 0. The number of nitrogens with zero attached hydrogens (tertiary/aromatic N) is 2. The van der Waals surface area contributed by atoms with E-state index >= 15 is 0 Å². The standard InChI is InChI=1S/C19H26N2/c1-16(20(3)18-11-7-5-8-12-18)15-17(2)21(4)19-13-9-6-10-14-19/h5-14,16-17H,15H2,1-4H3. The monoisotopic (exact) mass is 282 g/mol. The molecule has 2 atom stereocenters. The van der Waals surface area contributed by atoms with Crippen molar-refractivity contribution in [1.82, 2.24) is 0 Å². The predicted molar refractivity (Wildman–Crippen MR) is 93.2 cm³/mol. The van der Waals surface area contributed by atoms with Crippen molar-refractivity contribution < 1.29 is 0 Å². The SMILES string of the molecule is CC(CC(C)N(C)c1ccccc1)N(C)c1ccccc1. The lowest BCUT2D eigenvalue weighted by atomic mass is 10.1. The summed E-state index contributed by atoms with van der Waals surface area (Å²) in [7, 11) is 4.35. The molecule has 2 aromatic carbocycles. The minimum absolute atomic E-state index is 0.494. The Bertz CT molecular complexity index is 474. The van der Waals surface area contributed by atoms with Crippen LogP contribution in [0.5, 0.6) is 0 Å². The molecule has 2 unspecified atom stereocenters. The third-order valence-corrected chi connectivity index (χ3v) is 4.33. The Balaban J connectivity index is 1.97. The number of para-hydroxylation sites is 2. The summed E-state index contributed by atoms with van der Waals surface area (Å²) >= 11 is 0. The van der Waals surface area contributed by atoms with Crippen LogP contribution in [0.1, 0.15) is 20.3 Å². The van der Waals surface area contributed by atoms with Gasteiger partial charge in [-0.15, -0.1) is 0 Å². The summed E-state index contributed by atoms with van der Waals surface area (Å²) < 4.78 is 0. The molecule has 0 aliphatic rings. The van der Waals surface area contributed by atoms with Crippen LogP contribution in [0.3, 0.4) is 0 Å². The summed E-state index contributed by atoms with van der Waals surface area (Å²) in [6.07, 6.45) is 1.12. The molecule has 0 N–H and O–H groups in total. The highest BCUT2D eigenvalue weighted by Gasteiger charge is 2.17. The molecule has 2 nitrogen and oxygen atoms in total. The van der Waals surface area contributed by atoms with E-state index in [0.717, 1.165) is 6.42 Å². The van der Waals surface area contributed by atoms with Gasteiger partial charge >= 0.3 is 0 Å². The van der Waals surface area contributed by atoms with Crippen LogP contribution in [0.15, 0.2) is 60.7 Å². The van der Waals surface area contributed by atoms with E-state index in [4.69, 9.17) is 0 Å². The lowest BCUT2D eigenvalue weighted by Crippen LogP contribution is -2.37. The first-order valence-electron chi connectivity index (χ1n) is 7.65. The van der Waals surface area contributed by atoms with E-state index in [-0.39, 0.29) is 0 Å². The lowest BCUT2D eigenvalue weighted by molar-refractivity contribution is 0.538. The first-order chi connectivity index (χ1) is 10.1. The average Bonchev–Trinajstić information content (AvgIpc) is 2.55. The van der Waals surface area contributed by atoms with Gasteiger partial charge in [-0.05, 0) is 44.5 Å². The van der Waals surface area contributed by atoms with Crippen LogP contribution in [0.4, 0.5) is 11.4 Å². The molecule has 2 aromatic rings. The molecule has 0 fully saturated rings. The summed E-state index contributed by atoms with van der Waals surface area (Å²) in [5.74, 6) is 0. The Hall–Kier alpha value is -1.96. The third kappa shape index (κ3) is 4.01. The molecule has 0 saturated heterocycles. The van der Waals surface area contributed by atoms with Crippen LogP contribution in [-0.4, -0.2) is 26.2 Å². The molecule has 0 aliphatic heterocycles. The normalized spacial score (nSPS) is 13.5. The van der Waals surface area contributed by atoms with Crippen molar-refractivity contribution in [2.45, 2.75) is 32.4 Å². The van der Waals surface area contributed by atoms with Gasteiger partial charge in [0.2, 0.25) is 0 Å². The summed E-state index contributed by atoms with van der Waals surface area (Å²) in [6.45, 7) is 4.59. The highest BCUT2D eigenvalue weighted by molar-refractivity contribution is 5.47. The van der Waals surface area contributed by atoms with Gasteiger partial charge in [-0.25, -0.2) is 0 Å². The van der Waals surface area contributed by atoms with E-state index in [1.54, 1.807) is 0 Å². The second kappa shape index (κ2) is 7.16. The van der Waals surface area contributed by atoms with Crippen molar-refractivity contribution in [2.24, 2.45) is 0 Å². The Morgan fingerprint density at radius 1 is 0.667 bits per heavy atom. The maximum atomic E-state index is 2.36. The van der Waals surface area contributed by atoms with E-state index in [1.807, 2.05) is 0 Å². The summed E-state index contributed by atoms with van der Waals surface area (Å²) in [4.78, 5) is 4.71. The summed E-state index contributed by atoms with van der Waals surface area (Å²) in [5.41, 5.74) is 2.55. The largest absolute Gasteiger partial charge is 0.372 e. The average molecular weight is 282 g/mol. The van der Waals surface area contributed by atoms with E-state index in [0.29, 0.717) is 12.1 Å². The van der Waals surface area contributed by atoms with Crippen molar-refractivity contribution in [3.63, 3.8) is 0 Å². The Labute approximate surface area is 129 Å². The first kappa shape index (κ1) is 15.4. The molecular formula is C19H26N2. The number of rotatable bonds is 6. The molecule has 21 heavy (non-hydrogen) atoms. The van der Waals surface area contributed by atoms with Gasteiger partial charge in [-0.2, -0.15) is 0 Å². The van der Waals surface area contributed by atoms with Crippen molar-refractivity contribution in [1.29, 1.82) is 0 Å². The molecule has 0 aromatic heterocycles. The minimum atomic E-state index is 0.494. The van der Waals surface area contributed by atoms with Gasteiger partial charge in [0.1, 0.15) is 0 Å². The second-order valence-corrected chi connectivity index (χ2v) is 5.83. The van der Waals surface area contributed by atoms with Crippen molar-refractivity contribution in [3.8, 4) is 0 Å². The van der Waals surface area contributed by atoms with Gasteiger partial charge < -0.3 is 9.80 Å². The van der Waals surface area contributed by atoms with Gasteiger partial charge in [-0.1, -0.05) is 36.4 Å². The fourth-order valence-electron chi connectivity index (χ4n) is 2.65. The fourth-order valence-corrected chi connectivity index (χ4v) is 2.65. The molecule has 2 heteroatoms. The van der Waals surface area contributed by atoms with Crippen LogP contribution in [-0.2, 0) is 0 Å². The first-order valence-corrected chi connectivity index (χ1v) is 7.65. The van der Waals surface area contributed by atoms with E-state index < -0.39 is 0 Å². The molecule has 0 heterocycles. The second-order valence-electron chi connectivity index (χ2n) is 5.83. The molecule has 0 radical (unpaired) electrons. The highest BCUT2D eigenvalue weighted by atomic mass is 15.2. The van der Waals surface area contributed by atoms with Crippen LogP contribution in [0.25, 0.3) is 0 Å². The Kier molecular flexibility index (Phi) is 5.26. The van der Waals surface area contributed by atoms with E-state index in [1.165, 1.54) is 11.4 Å². The van der Waals surface area contributed by atoms with Crippen molar-refractivity contribution in [3.05, 3.63) is 60.7 Å². The van der Waals surface area contributed by atoms with Gasteiger partial charge in [0, 0.05) is 37.6 Å². The van der Waals surface area contributed by atoms with Crippen LogP contribution in [0.2, 0.25) is 0 Å². The quantitative estimate of drug-likeness (QED) is 0.773. The van der Waals surface area contributed by atoms with Gasteiger partial charge in [0.15, 0.2) is 0 Å². The number of anilines is 2. The van der Waals surface area contributed by atoms with Crippen LogP contribution in [0, 0.1) is 0 Å². The maximum absolute atomic E-state index is 2.36. The van der Waals surface area contributed by atoms with Crippen LogP contribution < -0.4 is 9.80 Å². The minimum Gasteiger partial charge on any atom is -0.372 e. The maximum Gasteiger partial charge on any atom is 0.0366 e. The summed E-state index contributed by atoms with van der Waals surface area (Å²) in [5, 5.41) is 0. The Morgan fingerprint density at radius 2 is 1.00 bits per heavy atom. The highest BCUT2D eigenvalue weighted by Crippen LogP contribution is 2.21. The zero-order valence-electron chi connectivity index (χ0n) is 13.5. The molecule has 112 valence electrons. The molecular weight excluding hydrogens is 256 g/mol. The van der Waals surface area contributed by atoms with E-state index in [2.05, 4.69) is 98.4 Å². The summed E-state index contributed by atoms with van der Waals surface area (Å²) in [6, 6.07) is 22.2. The fraction of sp³-hybridized carbons (Fsp3) is 0.368. The predicted octanol–water partition coefficient (Wildman–Crippen LogP) is 4.43. The smallest absolute Gasteiger partial charge is 0.0366 e. The molecule has 2 rings (SSSR count). The topological polar surface area (TPSA) is 6.48 Å².